The van der Waals surface area contributed by atoms with Crippen LogP contribution in [0, 0.1) is 13.8 Å². The van der Waals surface area contributed by atoms with Crippen LogP contribution in [-0.2, 0) is 6.37 Å². The van der Waals surface area contributed by atoms with Crippen molar-refractivity contribution in [1.29, 1.82) is 0 Å². The summed E-state index contributed by atoms with van der Waals surface area (Å²) in [6.07, 6.45) is -4.96. The van der Waals surface area contributed by atoms with Gasteiger partial charge in [0.25, 0.3) is 0 Å². The highest BCUT2D eigenvalue weighted by molar-refractivity contribution is 5.42. The first kappa shape index (κ1) is 10.8. The van der Waals surface area contributed by atoms with Gasteiger partial charge >= 0.3 is 0 Å². The van der Waals surface area contributed by atoms with Crippen LogP contribution in [0.2, 0.25) is 0 Å². The molecule has 0 saturated heterocycles. The van der Waals surface area contributed by atoms with Crippen molar-refractivity contribution in [3.63, 3.8) is 0 Å². The minimum absolute atomic E-state index is 0.0327. The lowest BCUT2D eigenvalue weighted by molar-refractivity contribution is 0.0976. The Morgan fingerprint density at radius 2 is 1.81 bits per heavy atom. The molecule has 0 spiro atoms. The van der Waals surface area contributed by atoms with Crippen LogP contribution in [0.5, 0.6) is 17.2 Å². The largest absolute Gasteiger partial charge is 0.493 e. The lowest BCUT2D eigenvalue weighted by Crippen LogP contribution is -2.17. The fourth-order valence-electron chi connectivity index (χ4n) is 2.10. The van der Waals surface area contributed by atoms with Crippen LogP contribution in [0.1, 0.15) is 48.3 Å². The van der Waals surface area contributed by atoms with E-state index in [9.17, 15) is 5.11 Å². The molecule has 0 fully saturated rings. The molecule has 2 aromatic carbocycles. The van der Waals surface area contributed by atoms with Crippen molar-refractivity contribution in [3.05, 3.63) is 52.9 Å². The molecule has 0 aliphatic heterocycles. The van der Waals surface area contributed by atoms with Gasteiger partial charge in [-0.1, -0.05) is 18.5 Å². The van der Waals surface area contributed by atoms with Gasteiger partial charge in [-0.25, -0.2) is 0 Å². The maximum Gasteiger partial charge on any atom is 0.160 e. The predicted octanol–water partition coefficient (Wildman–Crippen LogP) is 4.47. The molecule has 0 amide bonds. The van der Waals surface area contributed by atoms with E-state index in [1.807, 2.05) is 0 Å². The van der Waals surface area contributed by atoms with Gasteiger partial charge in [0.15, 0.2) is 11.5 Å². The third-order valence-corrected chi connectivity index (χ3v) is 3.71. The minimum Gasteiger partial charge on any atom is -0.493 e. The lowest BCUT2D eigenvalue weighted by atomic mass is 10.0. The van der Waals surface area contributed by atoms with Gasteiger partial charge in [0.1, 0.15) is 12.4 Å². The van der Waals surface area contributed by atoms with E-state index in [-0.39, 0.29) is 60.2 Å². The maximum atomic E-state index is 10.4. The zero-order valence-corrected chi connectivity index (χ0v) is 15.5. The Morgan fingerprint density at radius 1 is 1.04 bits per heavy atom. The summed E-state index contributed by atoms with van der Waals surface area (Å²) in [5.41, 5.74) is 0.591. The van der Waals surface area contributed by atoms with Gasteiger partial charge in [-0.2, -0.15) is 0 Å². The maximum absolute atomic E-state index is 10.4. The topological polar surface area (TPSA) is 47.9 Å². The molecule has 0 aliphatic carbocycles. The summed E-state index contributed by atoms with van der Waals surface area (Å²) >= 11 is 0. The summed E-state index contributed by atoms with van der Waals surface area (Å²) in [4.78, 5) is 0. The summed E-state index contributed by atoms with van der Waals surface area (Å²) in [6, 6.07) is -1.83. The van der Waals surface area contributed by atoms with Gasteiger partial charge < -0.3 is 19.3 Å². The normalized spacial score (nSPS) is 18.6. The molecule has 0 radical (unpaired) electrons. The number of rotatable bonds is 10. The van der Waals surface area contributed by atoms with Crippen molar-refractivity contribution in [1.82, 2.24) is 0 Å². The average molecular weight is 368 g/mol. The number of ether oxygens (including phenoxy) is 3. The molecule has 4 heteroatoms. The monoisotopic (exact) mass is 367 g/mol. The van der Waals surface area contributed by atoms with Crippen LogP contribution in [0.15, 0.2) is 36.3 Å². The number of aliphatic hydroxyl groups is 1. The van der Waals surface area contributed by atoms with Crippen molar-refractivity contribution in [2.24, 2.45) is 0 Å². The molecule has 2 rings (SSSR count). The molecule has 0 saturated carbocycles. The molecule has 0 aliphatic rings. The second kappa shape index (κ2) is 10.1. The highest BCUT2D eigenvalue weighted by Crippen LogP contribution is 2.28. The van der Waals surface area contributed by atoms with Gasteiger partial charge in [-0.05, 0) is 73.9 Å². The quantitative estimate of drug-likeness (QED) is 0.673. The SMILES string of the molecule is [2H]c1c([2H])c(OCC([2H])(O)CCCC([2H])([2H])c2c([2H])c([2H])c(OC)c(OC)c2[2H])c([2H])c(C)c1C. The Kier molecular flexibility index (Phi) is 4.20. The molecule has 2 aromatic rings. The first-order valence-electron chi connectivity index (χ1n) is 12.8. The molecule has 1 N–H and O–H groups in total. The van der Waals surface area contributed by atoms with E-state index in [0.717, 1.165) is 0 Å². The zero-order valence-electron chi connectivity index (χ0n) is 24.5. The van der Waals surface area contributed by atoms with Crippen LogP contribution >= 0.6 is 0 Å². The molecule has 0 bridgehead atoms. The summed E-state index contributed by atoms with van der Waals surface area (Å²) in [7, 11) is 2.51. The standard InChI is InChI=1S/C22H30O4/c1-16-9-11-20(13-17(16)2)26-15-19(23)8-6-5-7-18-10-12-21(24-3)22(14-18)25-4/h9-14,19,23H,5-8,15H2,1-4H3/i7D2,9D,10D,11D,12D,13D,14D,19D. The van der Waals surface area contributed by atoms with Crippen LogP contribution in [0.4, 0.5) is 0 Å². The van der Waals surface area contributed by atoms with Gasteiger partial charge in [-0.3, -0.25) is 0 Å². The first-order valence-corrected chi connectivity index (χ1v) is 8.25. The van der Waals surface area contributed by atoms with Crippen molar-refractivity contribution in [2.45, 2.75) is 45.6 Å². The van der Waals surface area contributed by atoms with E-state index < -0.39 is 37.2 Å². The minimum atomic E-state index is -2.24. The summed E-state index contributed by atoms with van der Waals surface area (Å²) < 4.78 is 89.1. The van der Waals surface area contributed by atoms with E-state index in [0.29, 0.717) is 11.1 Å². The molecule has 1 unspecified atom stereocenters. The van der Waals surface area contributed by atoms with Crippen LogP contribution in [0.25, 0.3) is 0 Å². The Balaban J connectivity index is 2.17. The van der Waals surface area contributed by atoms with Gasteiger partial charge in [0.2, 0.25) is 0 Å². The Morgan fingerprint density at radius 3 is 2.54 bits per heavy atom. The van der Waals surface area contributed by atoms with Crippen molar-refractivity contribution < 1.29 is 31.7 Å². The summed E-state index contributed by atoms with van der Waals surface area (Å²) in [6.45, 7) is 2.64. The molecule has 26 heavy (non-hydrogen) atoms. The number of methoxy groups -OCH3 is 2. The van der Waals surface area contributed by atoms with Gasteiger partial charge in [-0.15, -0.1) is 0 Å². The Labute approximate surface area is 169 Å². The van der Waals surface area contributed by atoms with Crippen molar-refractivity contribution in [2.75, 3.05) is 20.8 Å². The molecule has 4 nitrogen and oxygen atoms in total. The highest BCUT2D eigenvalue weighted by atomic mass is 16.5. The van der Waals surface area contributed by atoms with E-state index in [2.05, 4.69) is 0 Å². The molecule has 1 atom stereocenters. The summed E-state index contributed by atoms with van der Waals surface area (Å²) in [5.74, 6) is -0.494. The third kappa shape index (κ3) is 5.95. The van der Waals surface area contributed by atoms with Crippen LogP contribution in [-0.4, -0.2) is 32.0 Å². The van der Waals surface area contributed by atoms with E-state index in [4.69, 9.17) is 26.5 Å². The first-order chi connectivity index (χ1) is 16.1. The van der Waals surface area contributed by atoms with E-state index >= 15 is 0 Å². The average Bonchev–Trinajstić information content (AvgIpc) is 2.78. The molecular formula is C22H30O4. The predicted molar refractivity (Wildman–Crippen MR) is 105 cm³/mol. The third-order valence-electron chi connectivity index (χ3n) is 3.71. The van der Waals surface area contributed by atoms with Crippen LogP contribution in [0.3, 0.4) is 0 Å². The fourth-order valence-corrected chi connectivity index (χ4v) is 2.10. The smallest absolute Gasteiger partial charge is 0.160 e. The number of hydrogen-bond donors (Lipinski definition) is 1. The number of hydrogen-bond acceptors (Lipinski definition) is 4. The summed E-state index contributed by atoms with van der Waals surface area (Å²) in [5, 5.41) is 10.4. The highest BCUT2D eigenvalue weighted by Gasteiger charge is 2.07. The Hall–Kier alpha value is -2.20. The lowest BCUT2D eigenvalue weighted by Gasteiger charge is -2.13. The molecule has 0 aromatic heterocycles. The van der Waals surface area contributed by atoms with E-state index in [1.54, 1.807) is 13.8 Å². The molecule has 0 heterocycles. The second-order valence-electron chi connectivity index (χ2n) is 5.66. The van der Waals surface area contributed by atoms with Gasteiger partial charge in [0, 0.05) is 2.74 Å². The van der Waals surface area contributed by atoms with Crippen molar-refractivity contribution >= 4 is 0 Å². The fraction of sp³-hybridized carbons (Fsp3) is 0.455. The van der Waals surface area contributed by atoms with Crippen molar-refractivity contribution in [3.8, 4) is 17.2 Å². The molecular weight excluding hydrogens is 328 g/mol. The zero-order chi connectivity index (χ0) is 26.9. The second-order valence-corrected chi connectivity index (χ2v) is 5.66. The van der Waals surface area contributed by atoms with Crippen LogP contribution < -0.4 is 14.2 Å². The molecule has 142 valence electrons. The Bertz CT molecular complexity index is 1070. The van der Waals surface area contributed by atoms with Gasteiger partial charge in [0.05, 0.1) is 29.9 Å². The van der Waals surface area contributed by atoms with E-state index in [1.165, 1.54) is 14.2 Å². The number of benzene rings is 2.